The summed E-state index contributed by atoms with van der Waals surface area (Å²) in [6.07, 6.45) is 3.27. The first kappa shape index (κ1) is 11.0. The van der Waals surface area contributed by atoms with Gasteiger partial charge in [0.15, 0.2) is 5.58 Å². The zero-order valence-electron chi connectivity index (χ0n) is 9.64. The molecule has 2 aromatic heterocycles. The Morgan fingerprint density at radius 2 is 2.17 bits per heavy atom. The number of aryl methyl sites for hydroxylation is 1. The summed E-state index contributed by atoms with van der Waals surface area (Å²) < 4.78 is 5.47. The van der Waals surface area contributed by atoms with E-state index < -0.39 is 0 Å². The quantitative estimate of drug-likeness (QED) is 0.727. The van der Waals surface area contributed by atoms with Crippen LogP contribution in [0.25, 0.3) is 22.2 Å². The summed E-state index contributed by atoms with van der Waals surface area (Å²) >= 11 is 6.06. The number of fused-ring (bicyclic) bond motifs is 1. The monoisotopic (exact) mass is 259 g/mol. The second kappa shape index (κ2) is 3.99. The van der Waals surface area contributed by atoms with Gasteiger partial charge in [0.1, 0.15) is 12.1 Å². The number of hydrogen-bond donors (Lipinski definition) is 1. The van der Waals surface area contributed by atoms with E-state index in [1.807, 2.05) is 19.1 Å². The second-order valence-electron chi connectivity index (χ2n) is 3.99. The van der Waals surface area contributed by atoms with Crippen LogP contribution in [0.2, 0.25) is 5.02 Å². The molecule has 0 saturated heterocycles. The zero-order chi connectivity index (χ0) is 12.7. The van der Waals surface area contributed by atoms with E-state index in [0.29, 0.717) is 22.1 Å². The number of halogens is 1. The van der Waals surface area contributed by atoms with E-state index in [1.54, 1.807) is 18.5 Å². The predicted molar refractivity (Wildman–Crippen MR) is 71.4 cm³/mol. The number of aromatic nitrogens is 2. The molecular weight excluding hydrogens is 250 g/mol. The van der Waals surface area contributed by atoms with Gasteiger partial charge in [0.05, 0.1) is 22.6 Å². The molecule has 0 aliphatic rings. The Morgan fingerprint density at radius 1 is 1.33 bits per heavy atom. The minimum Gasteiger partial charge on any atom is -0.462 e. The van der Waals surface area contributed by atoms with Crippen LogP contribution in [0, 0.1) is 6.92 Å². The van der Waals surface area contributed by atoms with Gasteiger partial charge in [-0.05, 0) is 13.0 Å². The average molecular weight is 260 g/mol. The maximum Gasteiger partial charge on any atom is 0.153 e. The van der Waals surface area contributed by atoms with Crippen LogP contribution >= 0.6 is 11.6 Å². The first-order chi connectivity index (χ1) is 8.66. The lowest BCUT2D eigenvalue weighted by molar-refractivity contribution is 0.617. The SMILES string of the molecule is Cc1nc(-c2coc3c(Cl)cccc23)cnc1N. The number of nitrogens with two attached hydrogens (primary N) is 1. The van der Waals surface area contributed by atoms with Crippen molar-refractivity contribution in [2.45, 2.75) is 6.92 Å². The summed E-state index contributed by atoms with van der Waals surface area (Å²) in [5.41, 5.74) is 8.61. The summed E-state index contributed by atoms with van der Waals surface area (Å²) in [4.78, 5) is 8.51. The number of furan rings is 1. The Kier molecular flexibility index (Phi) is 2.45. The lowest BCUT2D eigenvalue weighted by Gasteiger charge is -2.01. The molecule has 2 N–H and O–H groups in total. The maximum atomic E-state index is 6.06. The van der Waals surface area contributed by atoms with Crippen LogP contribution in [0.3, 0.4) is 0 Å². The molecule has 0 saturated carbocycles. The summed E-state index contributed by atoms with van der Waals surface area (Å²) in [5.74, 6) is 0.435. The standard InChI is InChI=1S/C13H10ClN3O/c1-7-13(15)16-5-11(17-7)9-6-18-12-8(9)3-2-4-10(12)14/h2-6H,1H3,(H2,15,16). The van der Waals surface area contributed by atoms with Crippen molar-refractivity contribution in [3.05, 3.63) is 41.4 Å². The largest absolute Gasteiger partial charge is 0.462 e. The highest BCUT2D eigenvalue weighted by atomic mass is 35.5. The molecule has 0 aliphatic carbocycles. The molecule has 0 aliphatic heterocycles. The van der Waals surface area contributed by atoms with Gasteiger partial charge in [-0.25, -0.2) is 9.97 Å². The molecule has 18 heavy (non-hydrogen) atoms. The van der Waals surface area contributed by atoms with Crippen LogP contribution in [0.15, 0.2) is 35.1 Å². The summed E-state index contributed by atoms with van der Waals surface area (Å²) in [5, 5.41) is 1.50. The van der Waals surface area contributed by atoms with Crippen molar-refractivity contribution in [3.8, 4) is 11.3 Å². The Bertz CT molecular complexity index is 736. The third kappa shape index (κ3) is 1.62. The zero-order valence-corrected chi connectivity index (χ0v) is 10.4. The van der Waals surface area contributed by atoms with E-state index in [9.17, 15) is 0 Å². The number of para-hydroxylation sites is 1. The van der Waals surface area contributed by atoms with Crippen LogP contribution in [-0.2, 0) is 0 Å². The fourth-order valence-corrected chi connectivity index (χ4v) is 2.06. The number of anilines is 1. The number of hydrogen-bond acceptors (Lipinski definition) is 4. The van der Waals surface area contributed by atoms with Crippen molar-refractivity contribution in [1.29, 1.82) is 0 Å². The number of rotatable bonds is 1. The van der Waals surface area contributed by atoms with Gasteiger partial charge in [0, 0.05) is 10.9 Å². The van der Waals surface area contributed by atoms with Gasteiger partial charge in [-0.3, -0.25) is 0 Å². The highest BCUT2D eigenvalue weighted by Gasteiger charge is 2.12. The van der Waals surface area contributed by atoms with Gasteiger partial charge < -0.3 is 10.2 Å². The van der Waals surface area contributed by atoms with Crippen molar-refractivity contribution in [3.63, 3.8) is 0 Å². The lowest BCUT2D eigenvalue weighted by Crippen LogP contribution is -1.97. The van der Waals surface area contributed by atoms with E-state index in [0.717, 1.165) is 16.6 Å². The Balaban J connectivity index is 2.25. The molecule has 5 heteroatoms. The van der Waals surface area contributed by atoms with Crippen molar-refractivity contribution in [1.82, 2.24) is 9.97 Å². The van der Waals surface area contributed by atoms with Gasteiger partial charge in [0.2, 0.25) is 0 Å². The third-order valence-corrected chi connectivity index (χ3v) is 3.11. The van der Waals surface area contributed by atoms with Crippen molar-refractivity contribution in [2.24, 2.45) is 0 Å². The molecule has 0 bridgehead atoms. The minimum absolute atomic E-state index is 0.435. The molecule has 2 heterocycles. The van der Waals surface area contributed by atoms with Crippen molar-refractivity contribution in [2.75, 3.05) is 5.73 Å². The highest BCUT2D eigenvalue weighted by molar-refractivity contribution is 6.35. The number of nitrogen functional groups attached to an aromatic ring is 1. The Labute approximate surface area is 108 Å². The molecule has 0 unspecified atom stereocenters. The predicted octanol–water partition coefficient (Wildman–Crippen LogP) is 3.43. The van der Waals surface area contributed by atoms with Crippen LogP contribution in [0.5, 0.6) is 0 Å². The second-order valence-corrected chi connectivity index (χ2v) is 4.40. The van der Waals surface area contributed by atoms with Gasteiger partial charge >= 0.3 is 0 Å². The van der Waals surface area contributed by atoms with Gasteiger partial charge in [-0.15, -0.1) is 0 Å². The van der Waals surface area contributed by atoms with E-state index >= 15 is 0 Å². The smallest absolute Gasteiger partial charge is 0.153 e. The van der Waals surface area contributed by atoms with Crippen LogP contribution in [-0.4, -0.2) is 9.97 Å². The van der Waals surface area contributed by atoms with Crippen LogP contribution < -0.4 is 5.73 Å². The van der Waals surface area contributed by atoms with E-state index in [4.69, 9.17) is 21.8 Å². The highest BCUT2D eigenvalue weighted by Crippen LogP contribution is 2.33. The van der Waals surface area contributed by atoms with Gasteiger partial charge in [-0.1, -0.05) is 23.7 Å². The molecule has 3 rings (SSSR count). The topological polar surface area (TPSA) is 64.9 Å². The van der Waals surface area contributed by atoms with Gasteiger partial charge in [-0.2, -0.15) is 0 Å². The third-order valence-electron chi connectivity index (χ3n) is 2.81. The minimum atomic E-state index is 0.435. The first-order valence-corrected chi connectivity index (χ1v) is 5.80. The fourth-order valence-electron chi connectivity index (χ4n) is 1.84. The lowest BCUT2D eigenvalue weighted by atomic mass is 10.1. The molecule has 0 fully saturated rings. The number of benzene rings is 1. The van der Waals surface area contributed by atoms with E-state index in [2.05, 4.69) is 9.97 Å². The van der Waals surface area contributed by atoms with Gasteiger partial charge in [0.25, 0.3) is 0 Å². The molecule has 0 spiro atoms. The first-order valence-electron chi connectivity index (χ1n) is 5.42. The molecule has 0 amide bonds. The summed E-state index contributed by atoms with van der Waals surface area (Å²) in [6, 6.07) is 5.60. The molecule has 4 nitrogen and oxygen atoms in total. The number of nitrogens with zero attached hydrogens (tertiary/aromatic N) is 2. The Morgan fingerprint density at radius 3 is 2.94 bits per heavy atom. The molecular formula is C13H10ClN3O. The van der Waals surface area contributed by atoms with Crippen molar-refractivity contribution < 1.29 is 4.42 Å². The molecule has 0 atom stereocenters. The summed E-state index contributed by atoms with van der Waals surface area (Å²) in [7, 11) is 0. The fraction of sp³-hybridized carbons (Fsp3) is 0.0769. The summed E-state index contributed by atoms with van der Waals surface area (Å²) in [6.45, 7) is 1.82. The average Bonchev–Trinajstić information content (AvgIpc) is 2.78. The molecule has 0 radical (unpaired) electrons. The Hall–Kier alpha value is -2.07. The molecule has 3 aromatic rings. The molecule has 90 valence electrons. The van der Waals surface area contributed by atoms with Crippen molar-refractivity contribution >= 4 is 28.4 Å². The maximum absolute atomic E-state index is 6.06. The van der Waals surface area contributed by atoms with E-state index in [1.165, 1.54) is 0 Å². The van der Waals surface area contributed by atoms with E-state index in [-0.39, 0.29) is 0 Å². The molecule has 1 aromatic carbocycles. The normalized spacial score (nSPS) is 11.0. The van der Waals surface area contributed by atoms with Crippen LogP contribution in [0.1, 0.15) is 5.69 Å². The van der Waals surface area contributed by atoms with Crippen LogP contribution in [0.4, 0.5) is 5.82 Å².